The van der Waals surface area contributed by atoms with Crippen LogP contribution in [0.2, 0.25) is 0 Å². The number of aromatic nitrogens is 1. The summed E-state index contributed by atoms with van der Waals surface area (Å²) in [6, 6.07) is 14.3. The Hall–Kier alpha value is -2.40. The van der Waals surface area contributed by atoms with Crippen molar-refractivity contribution in [2.24, 2.45) is 5.73 Å². The van der Waals surface area contributed by atoms with E-state index < -0.39 is 0 Å². The number of nitrogens with zero attached hydrogens (tertiary/aromatic N) is 3. The quantitative estimate of drug-likeness (QED) is 0.912. The molecule has 0 aliphatic carbocycles. The fourth-order valence-corrected chi connectivity index (χ4v) is 3.49. The lowest BCUT2D eigenvalue weighted by Gasteiger charge is -2.41. The summed E-state index contributed by atoms with van der Waals surface area (Å²) < 4.78 is 0. The van der Waals surface area contributed by atoms with E-state index in [0.717, 1.165) is 31.7 Å². The molecule has 2 atom stereocenters. The van der Waals surface area contributed by atoms with Crippen LogP contribution < -0.4 is 10.6 Å². The molecule has 2 aromatic rings. The summed E-state index contributed by atoms with van der Waals surface area (Å²) in [5.74, 6) is -0.588. The number of hydrogen-bond acceptors (Lipinski definition) is 4. The van der Waals surface area contributed by atoms with Gasteiger partial charge in [0.05, 0.1) is 5.92 Å². The SMILES string of the molecule is CC(C(C(N)=O)c1ccncc1)N1CCN(c2ccccc2)CC1. The Bertz CT molecular complexity index is 654. The molecule has 5 nitrogen and oxygen atoms in total. The van der Waals surface area contributed by atoms with Crippen LogP contribution in [0, 0.1) is 0 Å². The highest BCUT2D eigenvalue weighted by atomic mass is 16.1. The van der Waals surface area contributed by atoms with Crippen molar-refractivity contribution in [3.63, 3.8) is 0 Å². The van der Waals surface area contributed by atoms with Crippen molar-refractivity contribution < 1.29 is 4.79 Å². The second-order valence-electron chi connectivity index (χ2n) is 6.26. The van der Waals surface area contributed by atoms with Gasteiger partial charge in [0.15, 0.2) is 0 Å². The molecule has 1 aromatic heterocycles. The number of carbonyl (C=O) groups excluding carboxylic acids is 1. The summed E-state index contributed by atoms with van der Waals surface area (Å²) in [5, 5.41) is 0. The van der Waals surface area contributed by atoms with Crippen LogP contribution in [0.5, 0.6) is 0 Å². The molecule has 2 heterocycles. The second kappa shape index (κ2) is 7.45. The highest BCUT2D eigenvalue weighted by Gasteiger charge is 2.31. The number of primary amides is 1. The van der Waals surface area contributed by atoms with Crippen molar-refractivity contribution in [2.45, 2.75) is 18.9 Å². The lowest BCUT2D eigenvalue weighted by atomic mass is 9.91. The second-order valence-corrected chi connectivity index (χ2v) is 6.26. The van der Waals surface area contributed by atoms with Crippen LogP contribution in [-0.2, 0) is 4.79 Å². The zero-order valence-electron chi connectivity index (χ0n) is 14.0. The summed E-state index contributed by atoms with van der Waals surface area (Å²) in [5.41, 5.74) is 7.89. The fourth-order valence-electron chi connectivity index (χ4n) is 3.49. The Morgan fingerprint density at radius 1 is 1.04 bits per heavy atom. The highest BCUT2D eigenvalue weighted by Crippen LogP contribution is 2.25. The van der Waals surface area contributed by atoms with Gasteiger partial charge < -0.3 is 10.6 Å². The van der Waals surface area contributed by atoms with Gasteiger partial charge in [0.1, 0.15) is 0 Å². The highest BCUT2D eigenvalue weighted by molar-refractivity contribution is 5.82. The van der Waals surface area contributed by atoms with Crippen LogP contribution in [0.15, 0.2) is 54.9 Å². The van der Waals surface area contributed by atoms with Gasteiger partial charge >= 0.3 is 0 Å². The number of hydrogen-bond donors (Lipinski definition) is 1. The van der Waals surface area contributed by atoms with Gasteiger partial charge in [0, 0.05) is 50.3 Å². The molecule has 0 saturated carbocycles. The van der Waals surface area contributed by atoms with E-state index in [9.17, 15) is 4.79 Å². The molecule has 1 fully saturated rings. The van der Waals surface area contributed by atoms with E-state index in [1.165, 1.54) is 5.69 Å². The maximum absolute atomic E-state index is 12.0. The van der Waals surface area contributed by atoms with Crippen LogP contribution in [0.3, 0.4) is 0 Å². The first kappa shape index (κ1) is 16.5. The van der Waals surface area contributed by atoms with Crippen LogP contribution in [-0.4, -0.2) is 48.0 Å². The van der Waals surface area contributed by atoms with Crippen molar-refractivity contribution in [3.8, 4) is 0 Å². The summed E-state index contributed by atoms with van der Waals surface area (Å²) in [6.45, 7) is 5.84. The third-order valence-electron chi connectivity index (χ3n) is 4.87. The third kappa shape index (κ3) is 3.57. The molecule has 5 heteroatoms. The van der Waals surface area contributed by atoms with Gasteiger partial charge in [-0.3, -0.25) is 14.7 Å². The Labute approximate surface area is 143 Å². The monoisotopic (exact) mass is 324 g/mol. The number of benzene rings is 1. The molecule has 1 amide bonds. The molecule has 2 unspecified atom stereocenters. The van der Waals surface area contributed by atoms with Gasteiger partial charge in [-0.2, -0.15) is 0 Å². The summed E-state index contributed by atoms with van der Waals surface area (Å²) in [7, 11) is 0. The standard InChI is InChI=1S/C19H24N4O/c1-15(18(19(20)24)16-7-9-21-10-8-16)22-11-13-23(14-12-22)17-5-3-2-4-6-17/h2-10,15,18H,11-14H2,1H3,(H2,20,24). The lowest BCUT2D eigenvalue weighted by molar-refractivity contribution is -0.120. The van der Waals surface area contributed by atoms with Crippen molar-refractivity contribution in [3.05, 3.63) is 60.4 Å². The van der Waals surface area contributed by atoms with E-state index in [-0.39, 0.29) is 17.9 Å². The van der Waals surface area contributed by atoms with Crippen molar-refractivity contribution in [1.29, 1.82) is 0 Å². The predicted octanol–water partition coefficient (Wildman–Crippen LogP) is 1.86. The number of anilines is 1. The smallest absolute Gasteiger partial charge is 0.226 e. The maximum atomic E-state index is 12.0. The normalized spacial score (nSPS) is 18.1. The van der Waals surface area contributed by atoms with Crippen molar-refractivity contribution >= 4 is 11.6 Å². The largest absolute Gasteiger partial charge is 0.369 e. The van der Waals surface area contributed by atoms with Crippen molar-refractivity contribution in [2.75, 3.05) is 31.1 Å². The number of pyridine rings is 1. The molecule has 126 valence electrons. The van der Waals surface area contributed by atoms with Gasteiger partial charge in [0.2, 0.25) is 5.91 Å². The molecule has 1 saturated heterocycles. The number of carbonyl (C=O) groups is 1. The summed E-state index contributed by atoms with van der Waals surface area (Å²) in [6.07, 6.45) is 3.43. The predicted molar refractivity (Wildman–Crippen MR) is 95.9 cm³/mol. The molecule has 0 radical (unpaired) electrons. The molecule has 1 aromatic carbocycles. The molecule has 1 aliphatic rings. The van der Waals surface area contributed by atoms with E-state index >= 15 is 0 Å². The van der Waals surface area contributed by atoms with E-state index in [0.29, 0.717) is 0 Å². The number of amides is 1. The Morgan fingerprint density at radius 3 is 2.25 bits per heavy atom. The van der Waals surface area contributed by atoms with Gasteiger partial charge in [-0.1, -0.05) is 18.2 Å². The number of rotatable bonds is 5. The zero-order chi connectivity index (χ0) is 16.9. The molecule has 0 spiro atoms. The Kier molecular flexibility index (Phi) is 5.11. The molecular formula is C19H24N4O. The van der Waals surface area contributed by atoms with Gasteiger partial charge in [-0.05, 0) is 36.8 Å². The molecule has 3 rings (SSSR count). The molecular weight excluding hydrogens is 300 g/mol. The van der Waals surface area contributed by atoms with Gasteiger partial charge in [-0.25, -0.2) is 0 Å². The molecule has 2 N–H and O–H groups in total. The Balaban J connectivity index is 1.67. The van der Waals surface area contributed by atoms with E-state index in [1.807, 2.05) is 18.2 Å². The average molecular weight is 324 g/mol. The first-order valence-electron chi connectivity index (χ1n) is 8.40. The van der Waals surface area contributed by atoms with Gasteiger partial charge in [-0.15, -0.1) is 0 Å². The minimum atomic E-state index is -0.309. The zero-order valence-corrected chi connectivity index (χ0v) is 14.0. The average Bonchev–Trinajstić information content (AvgIpc) is 2.63. The first-order valence-corrected chi connectivity index (χ1v) is 8.40. The fraction of sp³-hybridized carbons (Fsp3) is 0.368. The number of piperazine rings is 1. The maximum Gasteiger partial charge on any atom is 0.226 e. The van der Waals surface area contributed by atoms with Crippen LogP contribution >= 0.6 is 0 Å². The van der Waals surface area contributed by atoms with E-state index in [4.69, 9.17) is 5.73 Å². The topological polar surface area (TPSA) is 62.5 Å². The van der Waals surface area contributed by atoms with Crippen molar-refractivity contribution in [1.82, 2.24) is 9.88 Å². The van der Waals surface area contributed by atoms with Crippen LogP contribution in [0.4, 0.5) is 5.69 Å². The molecule has 0 bridgehead atoms. The minimum absolute atomic E-state index is 0.0721. The summed E-state index contributed by atoms with van der Waals surface area (Å²) in [4.78, 5) is 20.8. The Morgan fingerprint density at radius 2 is 1.67 bits per heavy atom. The minimum Gasteiger partial charge on any atom is -0.369 e. The number of nitrogens with two attached hydrogens (primary N) is 1. The van der Waals surface area contributed by atoms with Gasteiger partial charge in [0.25, 0.3) is 0 Å². The van der Waals surface area contributed by atoms with Crippen LogP contribution in [0.25, 0.3) is 0 Å². The third-order valence-corrected chi connectivity index (χ3v) is 4.87. The molecule has 1 aliphatic heterocycles. The lowest BCUT2D eigenvalue weighted by Crippen LogP contribution is -2.52. The van der Waals surface area contributed by atoms with Crippen LogP contribution in [0.1, 0.15) is 18.4 Å². The first-order chi connectivity index (χ1) is 11.7. The van der Waals surface area contributed by atoms with E-state index in [1.54, 1.807) is 12.4 Å². The summed E-state index contributed by atoms with van der Waals surface area (Å²) >= 11 is 0. The number of para-hydroxylation sites is 1. The molecule has 24 heavy (non-hydrogen) atoms. The van der Waals surface area contributed by atoms with E-state index in [2.05, 4.69) is 46.0 Å².